The van der Waals surface area contributed by atoms with E-state index in [0.29, 0.717) is 48.3 Å². The second-order valence-electron chi connectivity index (χ2n) is 8.01. The van der Waals surface area contributed by atoms with E-state index in [1.54, 1.807) is 0 Å². The van der Waals surface area contributed by atoms with Crippen molar-refractivity contribution in [2.75, 3.05) is 31.1 Å². The Bertz CT molecular complexity index is 1020. The molecule has 33 heavy (non-hydrogen) atoms. The lowest BCUT2D eigenvalue weighted by molar-refractivity contribution is -0.109. The second kappa shape index (κ2) is 10.5. The van der Waals surface area contributed by atoms with Gasteiger partial charge in [0.15, 0.2) is 0 Å². The molecule has 0 bridgehead atoms. The molecule has 1 heterocycles. The van der Waals surface area contributed by atoms with Gasteiger partial charge in [0, 0.05) is 48.0 Å². The van der Waals surface area contributed by atoms with Crippen LogP contribution in [0.15, 0.2) is 66.7 Å². The van der Waals surface area contributed by atoms with Crippen molar-refractivity contribution in [3.63, 3.8) is 0 Å². The van der Waals surface area contributed by atoms with Gasteiger partial charge in [-0.2, -0.15) is 0 Å². The molecule has 1 aliphatic heterocycles. The van der Waals surface area contributed by atoms with Crippen molar-refractivity contribution in [3.8, 4) is 0 Å². The molecule has 1 saturated heterocycles. The molecule has 4 nitrogen and oxygen atoms in total. The van der Waals surface area contributed by atoms with E-state index in [9.17, 15) is 13.6 Å². The number of nitrogens with one attached hydrogen (secondary N) is 1. The largest absolute Gasteiger partial charge is 0.364 e. The van der Waals surface area contributed by atoms with E-state index in [1.165, 1.54) is 12.1 Å². The molecule has 3 aromatic rings. The van der Waals surface area contributed by atoms with Gasteiger partial charge in [0.2, 0.25) is 6.41 Å². The maximum Gasteiger partial charge on any atom is 0.207 e. The summed E-state index contributed by atoms with van der Waals surface area (Å²) < 4.78 is 27.8. The van der Waals surface area contributed by atoms with Crippen LogP contribution >= 0.6 is 23.2 Å². The van der Waals surface area contributed by atoms with E-state index >= 15 is 0 Å². The van der Waals surface area contributed by atoms with Crippen molar-refractivity contribution in [2.24, 2.45) is 0 Å². The van der Waals surface area contributed by atoms with Crippen molar-refractivity contribution in [1.82, 2.24) is 10.2 Å². The fourth-order valence-corrected chi connectivity index (χ4v) is 4.52. The molecule has 0 aliphatic carbocycles. The minimum absolute atomic E-state index is 0.0185. The zero-order valence-corrected chi connectivity index (χ0v) is 19.2. The molecule has 0 saturated carbocycles. The Balaban J connectivity index is 1.58. The topological polar surface area (TPSA) is 35.6 Å². The van der Waals surface area contributed by atoms with Crippen LogP contribution in [0.25, 0.3) is 0 Å². The number of hydrogen-bond acceptors (Lipinski definition) is 3. The minimum atomic E-state index is -0.630. The van der Waals surface area contributed by atoms with Crippen molar-refractivity contribution >= 4 is 35.3 Å². The highest BCUT2D eigenvalue weighted by Gasteiger charge is 2.37. The SMILES string of the molecule is O=CNCCN(c1cc(F)cc(F)c1)C1CN(C(c2ccc(Cl)cc2)c2ccc(Cl)cc2)C1. The summed E-state index contributed by atoms with van der Waals surface area (Å²) in [5, 5.41) is 3.96. The highest BCUT2D eigenvalue weighted by Crippen LogP contribution is 2.36. The van der Waals surface area contributed by atoms with Crippen LogP contribution in [0.2, 0.25) is 10.0 Å². The van der Waals surface area contributed by atoms with Crippen LogP contribution in [-0.2, 0) is 4.79 Å². The molecule has 0 aromatic heterocycles. The van der Waals surface area contributed by atoms with Gasteiger partial charge in [-0.1, -0.05) is 47.5 Å². The van der Waals surface area contributed by atoms with Gasteiger partial charge in [0.1, 0.15) is 11.6 Å². The van der Waals surface area contributed by atoms with Gasteiger partial charge in [-0.3, -0.25) is 9.69 Å². The molecule has 3 aromatic carbocycles. The number of likely N-dealkylation sites (tertiary alicyclic amines) is 1. The van der Waals surface area contributed by atoms with Gasteiger partial charge in [-0.25, -0.2) is 8.78 Å². The average Bonchev–Trinajstić information content (AvgIpc) is 2.75. The van der Waals surface area contributed by atoms with E-state index < -0.39 is 11.6 Å². The third-order valence-electron chi connectivity index (χ3n) is 5.83. The smallest absolute Gasteiger partial charge is 0.207 e. The van der Waals surface area contributed by atoms with Crippen LogP contribution in [-0.4, -0.2) is 43.5 Å². The normalized spacial score (nSPS) is 14.2. The maximum absolute atomic E-state index is 13.9. The number of amides is 1. The summed E-state index contributed by atoms with van der Waals surface area (Å²) in [6.45, 7) is 2.16. The Morgan fingerprint density at radius 1 is 0.939 bits per heavy atom. The zero-order chi connectivity index (χ0) is 23.4. The van der Waals surface area contributed by atoms with E-state index in [1.807, 2.05) is 53.4 Å². The number of hydrogen-bond donors (Lipinski definition) is 1. The van der Waals surface area contributed by atoms with Crippen LogP contribution in [0.5, 0.6) is 0 Å². The fraction of sp³-hybridized carbons (Fsp3) is 0.240. The van der Waals surface area contributed by atoms with Gasteiger partial charge >= 0.3 is 0 Å². The molecule has 1 amide bonds. The van der Waals surface area contributed by atoms with E-state index in [4.69, 9.17) is 23.2 Å². The number of benzene rings is 3. The molecule has 8 heteroatoms. The minimum Gasteiger partial charge on any atom is -0.364 e. The molecule has 1 aliphatic rings. The first kappa shape index (κ1) is 23.5. The van der Waals surface area contributed by atoms with E-state index in [2.05, 4.69) is 10.2 Å². The Labute approximate surface area is 201 Å². The van der Waals surface area contributed by atoms with Crippen molar-refractivity contribution in [3.05, 3.63) is 99.5 Å². The lowest BCUT2D eigenvalue weighted by atomic mass is 9.92. The van der Waals surface area contributed by atoms with Crippen LogP contribution in [0, 0.1) is 11.6 Å². The number of rotatable bonds is 9. The van der Waals surface area contributed by atoms with E-state index in [-0.39, 0.29) is 12.1 Å². The molecule has 172 valence electrons. The van der Waals surface area contributed by atoms with Crippen LogP contribution in [0.3, 0.4) is 0 Å². The number of anilines is 1. The predicted octanol–water partition coefficient (Wildman–Crippen LogP) is 5.30. The Morgan fingerprint density at radius 3 is 1.94 bits per heavy atom. The van der Waals surface area contributed by atoms with Gasteiger partial charge in [-0.15, -0.1) is 0 Å². The predicted molar refractivity (Wildman–Crippen MR) is 128 cm³/mol. The molecular weight excluding hydrogens is 467 g/mol. The summed E-state index contributed by atoms with van der Waals surface area (Å²) in [6, 6.07) is 19.0. The summed E-state index contributed by atoms with van der Waals surface area (Å²) >= 11 is 12.2. The third-order valence-corrected chi connectivity index (χ3v) is 6.33. The third kappa shape index (κ3) is 5.64. The first-order valence-corrected chi connectivity index (χ1v) is 11.3. The molecule has 0 unspecified atom stereocenters. The number of halogens is 4. The molecule has 0 spiro atoms. The summed E-state index contributed by atoms with van der Waals surface area (Å²) in [5.41, 5.74) is 2.64. The lowest BCUT2D eigenvalue weighted by Gasteiger charge is -2.50. The molecule has 4 rings (SSSR count). The molecule has 0 atom stereocenters. The van der Waals surface area contributed by atoms with Gasteiger partial charge in [0.25, 0.3) is 0 Å². The molecule has 1 N–H and O–H groups in total. The highest BCUT2D eigenvalue weighted by molar-refractivity contribution is 6.30. The fourth-order valence-electron chi connectivity index (χ4n) is 4.27. The summed E-state index contributed by atoms with van der Waals surface area (Å²) in [6.07, 6.45) is 0.620. The Morgan fingerprint density at radius 2 is 1.45 bits per heavy atom. The van der Waals surface area contributed by atoms with Gasteiger partial charge in [-0.05, 0) is 47.5 Å². The standard InChI is InChI=1S/C25H23Cl2F2N3O/c26-19-5-1-17(2-6-19)25(18-3-7-20(27)8-4-18)31-14-24(15-31)32(10-9-30-16-33)23-12-21(28)11-22(29)13-23/h1-8,11-13,16,24-25H,9-10,14-15H2,(H,30,33). The summed E-state index contributed by atoms with van der Waals surface area (Å²) in [7, 11) is 0. The van der Waals surface area contributed by atoms with Crippen LogP contribution in [0.1, 0.15) is 17.2 Å². The Hall–Kier alpha value is -2.67. The molecule has 1 fully saturated rings. The second-order valence-corrected chi connectivity index (χ2v) is 8.88. The highest BCUT2D eigenvalue weighted by atomic mass is 35.5. The maximum atomic E-state index is 13.9. The first-order valence-electron chi connectivity index (χ1n) is 10.6. The molecule has 0 radical (unpaired) electrons. The number of nitrogens with zero attached hydrogens (tertiary/aromatic N) is 2. The zero-order valence-electron chi connectivity index (χ0n) is 17.7. The number of carbonyl (C=O) groups is 1. The quantitative estimate of drug-likeness (QED) is 0.327. The number of carbonyl (C=O) groups excluding carboxylic acids is 1. The van der Waals surface area contributed by atoms with Crippen LogP contribution < -0.4 is 10.2 Å². The Kier molecular flexibility index (Phi) is 7.48. The van der Waals surface area contributed by atoms with Crippen molar-refractivity contribution in [1.29, 1.82) is 0 Å². The van der Waals surface area contributed by atoms with Crippen molar-refractivity contribution < 1.29 is 13.6 Å². The van der Waals surface area contributed by atoms with Crippen LogP contribution in [0.4, 0.5) is 14.5 Å². The van der Waals surface area contributed by atoms with Gasteiger partial charge < -0.3 is 10.2 Å². The van der Waals surface area contributed by atoms with E-state index in [0.717, 1.165) is 17.2 Å². The molecular formula is C25H23Cl2F2N3O. The van der Waals surface area contributed by atoms with Crippen molar-refractivity contribution in [2.45, 2.75) is 12.1 Å². The lowest BCUT2D eigenvalue weighted by Crippen LogP contribution is -2.61. The first-order chi connectivity index (χ1) is 15.9. The summed E-state index contributed by atoms with van der Waals surface area (Å²) in [5.74, 6) is -1.26. The van der Waals surface area contributed by atoms with Gasteiger partial charge in [0.05, 0.1) is 12.1 Å². The monoisotopic (exact) mass is 489 g/mol. The summed E-state index contributed by atoms with van der Waals surface area (Å²) in [4.78, 5) is 15.0. The average molecular weight is 490 g/mol.